The van der Waals surface area contributed by atoms with Gasteiger partial charge in [0.2, 0.25) is 5.95 Å². The van der Waals surface area contributed by atoms with E-state index in [1.807, 2.05) is 33.7 Å². The highest BCUT2D eigenvalue weighted by Gasteiger charge is 2.31. The number of carbonyl (C=O) groups excluding carboxylic acids is 1. The molecule has 0 aliphatic carbocycles. The normalized spacial score (nSPS) is 15.7. The van der Waals surface area contributed by atoms with Crippen LogP contribution in [0.25, 0.3) is 11.2 Å². The Kier molecular flexibility index (Phi) is 5.30. The van der Waals surface area contributed by atoms with Crippen LogP contribution < -0.4 is 20.9 Å². The lowest BCUT2D eigenvalue weighted by molar-refractivity contribution is -0.143. The van der Waals surface area contributed by atoms with Gasteiger partial charge in [0.25, 0.3) is 5.56 Å². The summed E-state index contributed by atoms with van der Waals surface area (Å²) in [5.74, 6) is 0.802. The van der Waals surface area contributed by atoms with Crippen LogP contribution in [0, 0.1) is 5.92 Å². The number of hydrogen-bond donors (Lipinski definition) is 0. The fraction of sp³-hybridized carbons (Fsp3) is 0.429. The van der Waals surface area contributed by atoms with Crippen molar-refractivity contribution in [3.05, 3.63) is 45.1 Å². The maximum absolute atomic E-state index is 13.3. The molecule has 3 aromatic rings. The Balaban J connectivity index is 1.96. The molecule has 0 radical (unpaired) electrons. The van der Waals surface area contributed by atoms with Crippen molar-refractivity contribution in [3.8, 4) is 5.75 Å². The highest BCUT2D eigenvalue weighted by molar-refractivity contribution is 5.78. The molecule has 0 saturated carbocycles. The number of aryl methyl sites for hydroxylation is 1. The molecule has 31 heavy (non-hydrogen) atoms. The van der Waals surface area contributed by atoms with Crippen molar-refractivity contribution in [2.45, 2.75) is 26.9 Å². The van der Waals surface area contributed by atoms with Crippen LogP contribution in [0.2, 0.25) is 0 Å². The van der Waals surface area contributed by atoms with Crippen LogP contribution in [0.15, 0.2) is 33.9 Å². The Bertz CT molecular complexity index is 1270. The molecule has 4 rings (SSSR count). The highest BCUT2D eigenvalue weighted by atomic mass is 16.5. The molecule has 0 fully saturated rings. The molecule has 3 heterocycles. The molecule has 0 bridgehead atoms. The number of para-hydroxylation sites is 2. The van der Waals surface area contributed by atoms with E-state index in [2.05, 4.69) is 11.9 Å². The predicted molar refractivity (Wildman–Crippen MR) is 115 cm³/mol. The van der Waals surface area contributed by atoms with Crippen molar-refractivity contribution >= 4 is 28.8 Å². The van der Waals surface area contributed by atoms with E-state index in [9.17, 15) is 14.4 Å². The Morgan fingerprint density at radius 1 is 1.23 bits per heavy atom. The first-order chi connectivity index (χ1) is 14.9. The van der Waals surface area contributed by atoms with Crippen molar-refractivity contribution in [1.82, 2.24) is 18.7 Å². The van der Waals surface area contributed by atoms with Crippen molar-refractivity contribution in [1.29, 1.82) is 0 Å². The molecule has 10 heteroatoms. The molecule has 2 aromatic heterocycles. The van der Waals surface area contributed by atoms with Crippen LogP contribution >= 0.6 is 0 Å². The summed E-state index contributed by atoms with van der Waals surface area (Å²) in [5, 5.41) is 0. The molecule has 1 aliphatic heterocycles. The highest BCUT2D eigenvalue weighted by Crippen LogP contribution is 2.37. The standard InChI is InChI=1S/C21H25N5O5/c1-5-31-16(27)12-26-19(28)17-18(23(3)21(26)29)22-20-24(10-13(2)11-25(17)20)14-8-6-7-9-15(14)30-4/h6-9,13H,5,10-12H2,1-4H3/t13-/m0/s1. The lowest BCUT2D eigenvalue weighted by Gasteiger charge is -2.33. The number of anilines is 2. The van der Waals surface area contributed by atoms with E-state index in [1.54, 1.807) is 21.1 Å². The number of ether oxygens (including phenoxy) is 2. The maximum atomic E-state index is 13.3. The van der Waals surface area contributed by atoms with E-state index in [0.29, 0.717) is 24.8 Å². The lowest BCUT2D eigenvalue weighted by Crippen LogP contribution is -2.42. The van der Waals surface area contributed by atoms with Gasteiger partial charge in [-0.1, -0.05) is 19.1 Å². The van der Waals surface area contributed by atoms with E-state index >= 15 is 0 Å². The van der Waals surface area contributed by atoms with Gasteiger partial charge in [0.15, 0.2) is 11.2 Å². The number of rotatable bonds is 5. The number of methoxy groups -OCH3 is 1. The van der Waals surface area contributed by atoms with Crippen LogP contribution in [0.5, 0.6) is 5.75 Å². The fourth-order valence-corrected chi connectivity index (χ4v) is 4.04. The summed E-state index contributed by atoms with van der Waals surface area (Å²) in [6, 6.07) is 7.59. The zero-order valence-corrected chi connectivity index (χ0v) is 18.0. The molecular weight excluding hydrogens is 402 g/mol. The number of esters is 1. The fourth-order valence-electron chi connectivity index (χ4n) is 4.04. The van der Waals surface area contributed by atoms with Crippen LogP contribution in [0.1, 0.15) is 13.8 Å². The largest absolute Gasteiger partial charge is 0.495 e. The van der Waals surface area contributed by atoms with Gasteiger partial charge in [0.1, 0.15) is 12.3 Å². The van der Waals surface area contributed by atoms with Gasteiger partial charge in [-0.15, -0.1) is 0 Å². The quantitative estimate of drug-likeness (QED) is 0.565. The zero-order valence-electron chi connectivity index (χ0n) is 18.0. The molecule has 1 aromatic carbocycles. The average Bonchev–Trinajstić information content (AvgIpc) is 3.14. The van der Waals surface area contributed by atoms with E-state index in [-0.39, 0.29) is 23.7 Å². The average molecular weight is 427 g/mol. The summed E-state index contributed by atoms with van der Waals surface area (Å²) in [4.78, 5) is 44.7. The van der Waals surface area contributed by atoms with Crippen molar-refractivity contribution in [2.75, 3.05) is 25.2 Å². The van der Waals surface area contributed by atoms with Gasteiger partial charge in [-0.05, 0) is 25.0 Å². The number of aromatic nitrogens is 4. The number of nitrogens with zero attached hydrogens (tertiary/aromatic N) is 5. The molecule has 0 spiro atoms. The Labute approximate surface area is 178 Å². The first kappa shape index (κ1) is 20.7. The second-order valence-corrected chi connectivity index (χ2v) is 7.62. The lowest BCUT2D eigenvalue weighted by atomic mass is 10.1. The van der Waals surface area contributed by atoms with Gasteiger partial charge in [-0.2, -0.15) is 4.98 Å². The third kappa shape index (κ3) is 3.37. The van der Waals surface area contributed by atoms with Crippen LogP contribution in [-0.4, -0.2) is 44.9 Å². The predicted octanol–water partition coefficient (Wildman–Crippen LogP) is 1.26. The van der Waals surface area contributed by atoms with Crippen LogP contribution in [0.3, 0.4) is 0 Å². The van der Waals surface area contributed by atoms with E-state index in [4.69, 9.17) is 9.47 Å². The third-order valence-electron chi connectivity index (χ3n) is 5.41. The number of imidazole rings is 1. The minimum absolute atomic E-state index is 0.170. The van der Waals surface area contributed by atoms with E-state index in [1.165, 1.54) is 4.57 Å². The summed E-state index contributed by atoms with van der Waals surface area (Å²) >= 11 is 0. The van der Waals surface area contributed by atoms with Crippen LogP contribution in [-0.2, 0) is 29.7 Å². The Morgan fingerprint density at radius 2 is 1.97 bits per heavy atom. The maximum Gasteiger partial charge on any atom is 0.333 e. The van der Waals surface area contributed by atoms with E-state index in [0.717, 1.165) is 10.3 Å². The summed E-state index contributed by atoms with van der Waals surface area (Å²) in [5.41, 5.74) is 0.216. The second kappa shape index (κ2) is 7.93. The third-order valence-corrected chi connectivity index (χ3v) is 5.41. The van der Waals surface area contributed by atoms with Crippen molar-refractivity contribution < 1.29 is 14.3 Å². The van der Waals surface area contributed by atoms with Gasteiger partial charge < -0.3 is 18.9 Å². The zero-order chi connectivity index (χ0) is 22.3. The number of benzene rings is 1. The molecule has 164 valence electrons. The van der Waals surface area contributed by atoms with Gasteiger partial charge in [-0.25, -0.2) is 9.36 Å². The molecule has 0 N–H and O–H groups in total. The molecule has 0 unspecified atom stereocenters. The Morgan fingerprint density at radius 3 is 2.68 bits per heavy atom. The van der Waals surface area contributed by atoms with Gasteiger partial charge in [-0.3, -0.25) is 14.2 Å². The number of fused-ring (bicyclic) bond motifs is 3. The van der Waals surface area contributed by atoms with E-state index < -0.39 is 23.8 Å². The summed E-state index contributed by atoms with van der Waals surface area (Å²) in [6.45, 7) is 4.71. The van der Waals surface area contributed by atoms with Crippen molar-refractivity contribution in [3.63, 3.8) is 0 Å². The Hall–Kier alpha value is -3.56. The summed E-state index contributed by atoms with van der Waals surface area (Å²) in [6.07, 6.45) is 0. The van der Waals surface area contributed by atoms with Gasteiger partial charge in [0, 0.05) is 20.1 Å². The molecular formula is C21H25N5O5. The number of carbonyl (C=O) groups is 1. The monoisotopic (exact) mass is 427 g/mol. The molecule has 0 saturated heterocycles. The molecule has 1 aliphatic rings. The minimum Gasteiger partial charge on any atom is -0.495 e. The summed E-state index contributed by atoms with van der Waals surface area (Å²) < 4.78 is 14.5. The SMILES string of the molecule is CCOC(=O)Cn1c(=O)c2c(nc3n2C[C@@H](C)CN3c2ccccc2OC)n(C)c1=O. The molecule has 1 atom stereocenters. The second-order valence-electron chi connectivity index (χ2n) is 7.62. The smallest absolute Gasteiger partial charge is 0.333 e. The topological polar surface area (TPSA) is 101 Å². The van der Waals surface area contributed by atoms with Gasteiger partial charge >= 0.3 is 11.7 Å². The first-order valence-corrected chi connectivity index (χ1v) is 10.1. The summed E-state index contributed by atoms with van der Waals surface area (Å²) in [7, 11) is 3.15. The first-order valence-electron chi connectivity index (χ1n) is 10.1. The van der Waals surface area contributed by atoms with Gasteiger partial charge in [0.05, 0.1) is 19.4 Å². The van der Waals surface area contributed by atoms with Crippen molar-refractivity contribution in [2.24, 2.45) is 13.0 Å². The molecule has 10 nitrogen and oxygen atoms in total. The number of hydrogen-bond acceptors (Lipinski definition) is 7. The minimum atomic E-state index is -0.636. The molecule has 0 amide bonds. The van der Waals surface area contributed by atoms with Crippen LogP contribution in [0.4, 0.5) is 11.6 Å².